The fourth-order valence-corrected chi connectivity index (χ4v) is 3.43. The van der Waals surface area contributed by atoms with E-state index in [0.29, 0.717) is 6.10 Å². The van der Waals surface area contributed by atoms with Gasteiger partial charge < -0.3 is 9.15 Å². The lowest BCUT2D eigenvalue weighted by atomic mass is 10.2. The van der Waals surface area contributed by atoms with Crippen molar-refractivity contribution in [2.45, 2.75) is 45.9 Å². The van der Waals surface area contributed by atoms with E-state index in [-0.39, 0.29) is 0 Å². The largest absolute Gasteiger partial charge is 0.444 e. The summed E-state index contributed by atoms with van der Waals surface area (Å²) < 4.78 is 11.5. The topological polar surface area (TPSA) is 38.5 Å². The van der Waals surface area contributed by atoms with Crippen LogP contribution in [0.3, 0.4) is 0 Å². The maximum atomic E-state index is 5.78. The number of thiophene rings is 1. The maximum Gasteiger partial charge on any atom is 0.208 e. The molecule has 2 aromatic heterocycles. The van der Waals surface area contributed by atoms with E-state index in [1.165, 1.54) is 11.3 Å². The summed E-state index contributed by atoms with van der Waals surface area (Å²) in [6.07, 6.45) is 2.68. The van der Waals surface area contributed by atoms with E-state index in [4.69, 9.17) is 9.15 Å². The van der Waals surface area contributed by atoms with Gasteiger partial charge >= 0.3 is 0 Å². The monoisotopic (exact) mass is 306 g/mol. The minimum atomic E-state index is 0.349. The number of aryl methyl sites for hydroxylation is 2. The number of aromatic nitrogens is 1. The average Bonchev–Trinajstić information content (AvgIpc) is 3.15. The first-order valence-electron chi connectivity index (χ1n) is 7.50. The van der Waals surface area contributed by atoms with Crippen LogP contribution in [0, 0.1) is 13.8 Å². The molecule has 1 atom stereocenters. The Hall–Kier alpha value is -1.17. The van der Waals surface area contributed by atoms with Crippen molar-refractivity contribution in [1.82, 2.24) is 9.88 Å². The van der Waals surface area contributed by atoms with Gasteiger partial charge in [-0.2, -0.15) is 0 Å². The summed E-state index contributed by atoms with van der Waals surface area (Å²) in [5.74, 6) is 1.72. The summed E-state index contributed by atoms with van der Waals surface area (Å²) in [5, 5.41) is 2.12. The fourth-order valence-electron chi connectivity index (χ4n) is 2.68. The third-order valence-corrected chi connectivity index (χ3v) is 4.74. The standard InChI is InChI=1S/C16H22N2O2S/c1-12-13(2)20-16(17-12)11-18(9-14-5-3-7-19-14)10-15-6-4-8-21-15/h4,6,8,14H,3,5,7,9-11H2,1-2H3/t14-/m0/s1. The number of ether oxygens (including phenoxy) is 1. The molecule has 0 amide bonds. The molecule has 0 aromatic carbocycles. The molecule has 5 heteroatoms. The quantitative estimate of drug-likeness (QED) is 0.818. The third kappa shape index (κ3) is 3.93. The van der Waals surface area contributed by atoms with Gasteiger partial charge in [0.05, 0.1) is 18.3 Å². The second kappa shape index (κ2) is 6.73. The molecule has 21 heavy (non-hydrogen) atoms. The molecule has 1 aliphatic heterocycles. The normalized spacial score (nSPS) is 18.7. The number of oxazole rings is 1. The summed E-state index contributed by atoms with van der Waals surface area (Å²) in [4.78, 5) is 8.26. The van der Waals surface area contributed by atoms with Crippen molar-refractivity contribution >= 4 is 11.3 Å². The van der Waals surface area contributed by atoms with Gasteiger partial charge in [0.25, 0.3) is 0 Å². The van der Waals surface area contributed by atoms with Gasteiger partial charge in [0, 0.05) is 24.6 Å². The van der Waals surface area contributed by atoms with Crippen molar-refractivity contribution in [2.75, 3.05) is 13.2 Å². The van der Waals surface area contributed by atoms with Crippen LogP contribution in [0.4, 0.5) is 0 Å². The predicted molar refractivity (Wildman–Crippen MR) is 83.4 cm³/mol. The summed E-state index contributed by atoms with van der Waals surface area (Å²) in [5.41, 5.74) is 0.984. The summed E-state index contributed by atoms with van der Waals surface area (Å²) in [7, 11) is 0. The fraction of sp³-hybridized carbons (Fsp3) is 0.562. The Bertz CT molecular complexity index is 539. The van der Waals surface area contributed by atoms with Crippen LogP contribution in [-0.4, -0.2) is 29.1 Å². The molecule has 0 aliphatic carbocycles. The molecule has 0 radical (unpaired) electrons. The smallest absolute Gasteiger partial charge is 0.208 e. The molecular weight excluding hydrogens is 284 g/mol. The highest BCUT2D eigenvalue weighted by atomic mass is 32.1. The zero-order valence-electron chi connectivity index (χ0n) is 12.7. The van der Waals surface area contributed by atoms with E-state index in [9.17, 15) is 0 Å². The van der Waals surface area contributed by atoms with Crippen LogP contribution in [0.1, 0.15) is 35.1 Å². The van der Waals surface area contributed by atoms with E-state index >= 15 is 0 Å². The van der Waals surface area contributed by atoms with Crippen LogP contribution in [0.25, 0.3) is 0 Å². The summed E-state index contributed by atoms with van der Waals surface area (Å²) in [6.45, 7) is 7.47. The molecular formula is C16H22N2O2S. The third-order valence-electron chi connectivity index (χ3n) is 3.88. The molecule has 1 saturated heterocycles. The Morgan fingerprint density at radius 2 is 2.29 bits per heavy atom. The van der Waals surface area contributed by atoms with Gasteiger partial charge in [-0.3, -0.25) is 4.90 Å². The van der Waals surface area contributed by atoms with Crippen LogP contribution in [0.5, 0.6) is 0 Å². The Labute approximate surface area is 129 Å². The molecule has 2 aromatic rings. The summed E-state index contributed by atoms with van der Waals surface area (Å²) in [6, 6.07) is 4.28. The molecule has 4 nitrogen and oxygen atoms in total. The highest BCUT2D eigenvalue weighted by molar-refractivity contribution is 7.09. The van der Waals surface area contributed by atoms with Crippen LogP contribution in [-0.2, 0) is 17.8 Å². The lowest BCUT2D eigenvalue weighted by Gasteiger charge is -2.23. The van der Waals surface area contributed by atoms with Gasteiger partial charge in [-0.15, -0.1) is 11.3 Å². The molecule has 0 N–H and O–H groups in total. The van der Waals surface area contributed by atoms with Gasteiger partial charge in [0.1, 0.15) is 5.76 Å². The van der Waals surface area contributed by atoms with Crippen molar-refractivity contribution < 1.29 is 9.15 Å². The molecule has 1 aliphatic rings. The van der Waals surface area contributed by atoms with E-state index in [1.807, 2.05) is 13.8 Å². The lowest BCUT2D eigenvalue weighted by molar-refractivity contribution is 0.0651. The number of nitrogens with zero attached hydrogens (tertiary/aromatic N) is 2. The molecule has 0 saturated carbocycles. The highest BCUT2D eigenvalue weighted by Gasteiger charge is 2.21. The second-order valence-corrected chi connectivity index (χ2v) is 6.67. The Morgan fingerprint density at radius 3 is 2.90 bits per heavy atom. The molecule has 3 heterocycles. The van der Waals surface area contributed by atoms with Gasteiger partial charge in [-0.25, -0.2) is 4.98 Å². The molecule has 0 unspecified atom stereocenters. The lowest BCUT2D eigenvalue weighted by Crippen LogP contribution is -2.31. The van der Waals surface area contributed by atoms with E-state index in [2.05, 4.69) is 27.4 Å². The Morgan fingerprint density at radius 1 is 1.38 bits per heavy atom. The molecule has 0 spiro atoms. The highest BCUT2D eigenvalue weighted by Crippen LogP contribution is 2.19. The first kappa shape index (κ1) is 14.8. The summed E-state index contributed by atoms with van der Waals surface area (Å²) >= 11 is 1.79. The van der Waals surface area contributed by atoms with Crippen molar-refractivity contribution in [3.05, 3.63) is 39.7 Å². The second-order valence-electron chi connectivity index (χ2n) is 5.63. The van der Waals surface area contributed by atoms with Gasteiger partial charge in [-0.05, 0) is 38.1 Å². The van der Waals surface area contributed by atoms with Crippen molar-refractivity contribution in [3.8, 4) is 0 Å². The van der Waals surface area contributed by atoms with E-state index in [0.717, 1.165) is 50.0 Å². The van der Waals surface area contributed by atoms with Crippen LogP contribution in [0.15, 0.2) is 21.9 Å². The zero-order chi connectivity index (χ0) is 14.7. The van der Waals surface area contributed by atoms with Crippen LogP contribution in [0.2, 0.25) is 0 Å². The van der Waals surface area contributed by atoms with Gasteiger partial charge in [0.2, 0.25) is 5.89 Å². The SMILES string of the molecule is Cc1nc(CN(Cc2cccs2)C[C@@H]2CCCO2)oc1C. The van der Waals surface area contributed by atoms with Crippen LogP contribution < -0.4 is 0 Å². The average molecular weight is 306 g/mol. The minimum Gasteiger partial charge on any atom is -0.444 e. The molecule has 114 valence electrons. The molecule has 1 fully saturated rings. The first-order chi connectivity index (χ1) is 10.2. The number of rotatable bonds is 6. The first-order valence-corrected chi connectivity index (χ1v) is 8.38. The van der Waals surface area contributed by atoms with Gasteiger partial charge in [-0.1, -0.05) is 6.07 Å². The minimum absolute atomic E-state index is 0.349. The molecule has 3 rings (SSSR count). The number of hydrogen-bond donors (Lipinski definition) is 0. The number of hydrogen-bond acceptors (Lipinski definition) is 5. The van der Waals surface area contributed by atoms with Crippen LogP contribution >= 0.6 is 11.3 Å². The Balaban J connectivity index is 1.67. The van der Waals surface area contributed by atoms with Crippen molar-refractivity contribution in [3.63, 3.8) is 0 Å². The maximum absolute atomic E-state index is 5.78. The molecule has 0 bridgehead atoms. The Kier molecular flexibility index (Phi) is 4.73. The van der Waals surface area contributed by atoms with E-state index < -0.39 is 0 Å². The predicted octanol–water partition coefficient (Wildman–Crippen LogP) is 3.53. The van der Waals surface area contributed by atoms with Crippen molar-refractivity contribution in [2.24, 2.45) is 0 Å². The van der Waals surface area contributed by atoms with Crippen molar-refractivity contribution in [1.29, 1.82) is 0 Å². The van der Waals surface area contributed by atoms with Gasteiger partial charge in [0.15, 0.2) is 0 Å². The van der Waals surface area contributed by atoms with E-state index in [1.54, 1.807) is 11.3 Å². The zero-order valence-corrected chi connectivity index (χ0v) is 13.5.